The van der Waals surface area contributed by atoms with Crippen LogP contribution in [0.1, 0.15) is 48.4 Å². The molecule has 1 heterocycles. The maximum atomic E-state index is 4.76. The number of nitrogens with zero attached hydrogens (tertiary/aromatic N) is 2. The lowest BCUT2D eigenvalue weighted by atomic mass is 9.74. The van der Waals surface area contributed by atoms with Gasteiger partial charge >= 0.3 is 0 Å². The average Bonchev–Trinajstić information content (AvgIpc) is 2.77. The third-order valence-electron chi connectivity index (χ3n) is 5.74. The van der Waals surface area contributed by atoms with E-state index in [1.165, 1.54) is 16.8 Å². The summed E-state index contributed by atoms with van der Waals surface area (Å²) < 4.78 is 0. The van der Waals surface area contributed by atoms with E-state index in [9.17, 15) is 0 Å². The summed E-state index contributed by atoms with van der Waals surface area (Å²) in [5.41, 5.74) is 4.76. The van der Waals surface area contributed by atoms with Crippen LogP contribution in [0.4, 0.5) is 0 Å². The highest BCUT2D eigenvalue weighted by molar-refractivity contribution is 5.77. The maximum absolute atomic E-state index is 4.76. The van der Waals surface area contributed by atoms with Gasteiger partial charge in [-0.1, -0.05) is 69.0 Å². The van der Waals surface area contributed by atoms with Crippen LogP contribution in [-0.2, 0) is 0 Å². The maximum Gasteiger partial charge on any atom is 0.130 e. The van der Waals surface area contributed by atoms with E-state index in [4.69, 9.17) is 4.99 Å². The summed E-state index contributed by atoms with van der Waals surface area (Å²) in [7, 11) is 0. The molecule has 0 saturated carbocycles. The van der Waals surface area contributed by atoms with Crippen molar-refractivity contribution >= 4 is 6.21 Å². The Labute approximate surface area is 191 Å². The standard InChI is InChI=1S/C28H39N3.H2/c1-7-12-14-23(10-4)24-15-16-28(6)22-29-27(20-25(28)19-24)30-26(11-5)21-31(17-9-3)18-13-8-2;/h7-8,10-12,14-15,19-20,22,30H,2,4,9,13,16-18,21H2,1,3,5-6H3;1H/b12-7-,23-14+,26-11-;. The third kappa shape index (κ3) is 6.93. The highest BCUT2D eigenvalue weighted by atomic mass is 15.2. The molecule has 0 radical (unpaired) electrons. The van der Waals surface area contributed by atoms with E-state index in [0.29, 0.717) is 0 Å². The highest BCUT2D eigenvalue weighted by Crippen LogP contribution is 2.40. The van der Waals surface area contributed by atoms with Crippen molar-refractivity contribution in [2.24, 2.45) is 10.4 Å². The second-order valence-electron chi connectivity index (χ2n) is 8.31. The van der Waals surface area contributed by atoms with Crippen molar-refractivity contribution in [3.05, 3.63) is 96.1 Å². The van der Waals surface area contributed by atoms with E-state index in [1.54, 1.807) is 0 Å². The Morgan fingerprint density at radius 2 is 2.10 bits per heavy atom. The Balaban J connectivity index is 0.00000512. The van der Waals surface area contributed by atoms with E-state index >= 15 is 0 Å². The fraction of sp³-hybridized carbons (Fsp3) is 0.393. The molecule has 1 unspecified atom stereocenters. The van der Waals surface area contributed by atoms with Gasteiger partial charge in [0.05, 0.1) is 0 Å². The van der Waals surface area contributed by atoms with E-state index < -0.39 is 0 Å². The van der Waals surface area contributed by atoms with Crippen LogP contribution in [0.25, 0.3) is 0 Å². The molecule has 0 amide bonds. The van der Waals surface area contributed by atoms with Gasteiger partial charge in [0.25, 0.3) is 0 Å². The van der Waals surface area contributed by atoms with Gasteiger partial charge in [0.1, 0.15) is 5.82 Å². The predicted octanol–water partition coefficient (Wildman–Crippen LogP) is 6.89. The van der Waals surface area contributed by atoms with Crippen molar-refractivity contribution in [3.63, 3.8) is 0 Å². The molecule has 0 aromatic heterocycles. The summed E-state index contributed by atoms with van der Waals surface area (Å²) in [5.74, 6) is 0.899. The minimum absolute atomic E-state index is 0. The first-order valence-electron chi connectivity index (χ1n) is 11.4. The van der Waals surface area contributed by atoms with Crippen molar-refractivity contribution in [3.8, 4) is 0 Å². The number of allylic oxidation sites excluding steroid dienone is 11. The van der Waals surface area contributed by atoms with Gasteiger partial charge in [0.2, 0.25) is 0 Å². The minimum Gasteiger partial charge on any atom is -0.343 e. The first kappa shape index (κ1) is 24.6. The molecule has 2 aliphatic rings. The molecule has 3 heteroatoms. The van der Waals surface area contributed by atoms with Gasteiger partial charge in [-0.25, -0.2) is 4.99 Å². The molecule has 3 nitrogen and oxygen atoms in total. The molecule has 1 aliphatic heterocycles. The monoisotopic (exact) mass is 419 g/mol. The second-order valence-corrected chi connectivity index (χ2v) is 8.31. The molecular weight excluding hydrogens is 378 g/mol. The first-order valence-corrected chi connectivity index (χ1v) is 11.4. The van der Waals surface area contributed by atoms with Crippen molar-refractivity contribution in [2.45, 2.75) is 47.0 Å². The molecule has 0 aromatic carbocycles. The summed E-state index contributed by atoms with van der Waals surface area (Å²) in [6.45, 7) is 19.4. The smallest absolute Gasteiger partial charge is 0.130 e. The molecule has 1 atom stereocenters. The molecule has 0 bridgehead atoms. The van der Waals surface area contributed by atoms with Crippen molar-refractivity contribution in [1.82, 2.24) is 10.2 Å². The van der Waals surface area contributed by atoms with Crippen LogP contribution in [-0.4, -0.2) is 30.7 Å². The summed E-state index contributed by atoms with van der Waals surface area (Å²) in [6, 6.07) is 0. The largest absolute Gasteiger partial charge is 0.343 e. The molecule has 0 saturated heterocycles. The fourth-order valence-corrected chi connectivity index (χ4v) is 3.78. The number of fused-ring (bicyclic) bond motifs is 1. The van der Waals surface area contributed by atoms with Crippen molar-refractivity contribution < 1.29 is 1.43 Å². The fourth-order valence-electron chi connectivity index (χ4n) is 3.78. The third-order valence-corrected chi connectivity index (χ3v) is 5.74. The SMILES string of the molecule is C=CCCN(CCC)C/C(=C/C)NC1=CC2=CC(/C(C=C)=C/C=C\C)=CCC2(C)C=N1.[HH]. The van der Waals surface area contributed by atoms with E-state index in [2.05, 4.69) is 86.8 Å². The lowest BCUT2D eigenvalue weighted by Gasteiger charge is -2.33. The number of hydrogen-bond donors (Lipinski definition) is 1. The van der Waals surface area contributed by atoms with Gasteiger partial charge in [0.15, 0.2) is 0 Å². The predicted molar refractivity (Wildman–Crippen MR) is 139 cm³/mol. The molecule has 0 fully saturated rings. The zero-order valence-electron chi connectivity index (χ0n) is 19.8. The Kier molecular flexibility index (Phi) is 9.74. The van der Waals surface area contributed by atoms with Crippen LogP contribution in [0.3, 0.4) is 0 Å². The molecular formula is C28H41N3. The van der Waals surface area contributed by atoms with Crippen molar-refractivity contribution in [2.75, 3.05) is 19.6 Å². The summed E-state index contributed by atoms with van der Waals surface area (Å²) in [5, 5.41) is 3.56. The molecule has 1 aliphatic carbocycles. The number of hydrogen-bond acceptors (Lipinski definition) is 3. The van der Waals surface area contributed by atoms with E-state index in [-0.39, 0.29) is 6.84 Å². The van der Waals surface area contributed by atoms with Gasteiger partial charge in [-0.3, -0.25) is 4.90 Å². The lowest BCUT2D eigenvalue weighted by molar-refractivity contribution is 0.298. The van der Waals surface area contributed by atoms with Gasteiger partial charge in [-0.2, -0.15) is 0 Å². The molecule has 31 heavy (non-hydrogen) atoms. The summed E-state index contributed by atoms with van der Waals surface area (Å²) >= 11 is 0. The van der Waals surface area contributed by atoms with Crippen LogP contribution in [0.5, 0.6) is 0 Å². The van der Waals surface area contributed by atoms with E-state index in [0.717, 1.165) is 50.3 Å². The topological polar surface area (TPSA) is 27.6 Å². The van der Waals surface area contributed by atoms with Gasteiger partial charge in [-0.05, 0) is 62.5 Å². The molecule has 2 rings (SSSR count). The number of rotatable bonds is 12. The van der Waals surface area contributed by atoms with Gasteiger partial charge in [0, 0.05) is 31.8 Å². The Bertz CT molecular complexity index is 867. The first-order chi connectivity index (χ1) is 15.0. The highest BCUT2D eigenvalue weighted by Gasteiger charge is 2.31. The van der Waals surface area contributed by atoms with Crippen LogP contribution in [0, 0.1) is 5.41 Å². The van der Waals surface area contributed by atoms with E-state index in [1.807, 2.05) is 25.2 Å². The van der Waals surface area contributed by atoms with Crippen molar-refractivity contribution in [1.29, 1.82) is 0 Å². The van der Waals surface area contributed by atoms with Crippen LogP contribution < -0.4 is 5.32 Å². The molecule has 1 N–H and O–H groups in total. The van der Waals surface area contributed by atoms with Gasteiger partial charge < -0.3 is 5.32 Å². The summed E-state index contributed by atoms with van der Waals surface area (Å²) in [6.07, 6.45) is 24.2. The molecule has 0 spiro atoms. The second kappa shape index (κ2) is 12.3. The minimum atomic E-state index is -0.0597. The zero-order valence-corrected chi connectivity index (χ0v) is 19.8. The summed E-state index contributed by atoms with van der Waals surface area (Å²) in [4.78, 5) is 7.22. The van der Waals surface area contributed by atoms with Crippen LogP contribution in [0.15, 0.2) is 101 Å². The van der Waals surface area contributed by atoms with Crippen LogP contribution in [0.2, 0.25) is 0 Å². The van der Waals surface area contributed by atoms with Crippen LogP contribution >= 0.6 is 0 Å². The quantitative estimate of drug-likeness (QED) is 0.275. The number of nitrogens with one attached hydrogen (secondary N) is 1. The van der Waals surface area contributed by atoms with Gasteiger partial charge in [-0.15, -0.1) is 6.58 Å². The zero-order chi connectivity index (χ0) is 22.7. The number of aliphatic imine (C=N–C) groups is 1. The normalized spacial score (nSPS) is 21.5. The molecule has 0 aromatic rings. The Morgan fingerprint density at radius 1 is 1.29 bits per heavy atom. The Hall–Kier alpha value is -2.65. The average molecular weight is 420 g/mol. The lowest BCUT2D eigenvalue weighted by Crippen LogP contribution is -2.33. The Morgan fingerprint density at radius 3 is 2.74 bits per heavy atom. The molecule has 168 valence electrons.